The Morgan fingerprint density at radius 1 is 1.00 bits per heavy atom. The number of fused-ring (bicyclic) bond motifs is 3. The van der Waals surface area contributed by atoms with Gasteiger partial charge >= 0.3 is 6.03 Å². The van der Waals surface area contributed by atoms with Gasteiger partial charge in [-0.25, -0.2) is 4.79 Å². The van der Waals surface area contributed by atoms with Gasteiger partial charge in [-0.1, -0.05) is 12.1 Å². The molecule has 3 amide bonds. The van der Waals surface area contributed by atoms with Crippen LogP contribution < -0.4 is 15.0 Å². The van der Waals surface area contributed by atoms with E-state index in [-0.39, 0.29) is 24.5 Å². The average molecular weight is 483 g/mol. The molecule has 8 heteroatoms. The molecule has 0 radical (unpaired) electrons. The topological polar surface area (TPSA) is 80.0 Å². The van der Waals surface area contributed by atoms with Gasteiger partial charge in [0, 0.05) is 17.9 Å². The van der Waals surface area contributed by atoms with Crippen LogP contribution in [0.1, 0.15) is 30.3 Å². The molecule has 0 saturated heterocycles. The van der Waals surface area contributed by atoms with Gasteiger partial charge in [0.2, 0.25) is 5.91 Å². The van der Waals surface area contributed by atoms with Crippen molar-refractivity contribution in [2.45, 2.75) is 24.9 Å². The molecule has 2 aromatic carbocycles. The lowest BCUT2D eigenvalue weighted by Crippen LogP contribution is -2.48. The molecule has 1 N–H and O–H groups in total. The number of hydrogen-bond acceptors (Lipinski definition) is 4. The number of amides is 3. The van der Waals surface area contributed by atoms with Crippen LogP contribution in [0.4, 0.5) is 16.2 Å². The number of furan rings is 1. The molecule has 2 aliphatic rings. The van der Waals surface area contributed by atoms with Gasteiger partial charge in [-0.3, -0.25) is 9.69 Å². The van der Waals surface area contributed by atoms with E-state index >= 15 is 0 Å². The Balaban J connectivity index is 1.31. The Morgan fingerprint density at radius 3 is 2.47 bits per heavy atom. The summed E-state index contributed by atoms with van der Waals surface area (Å²) in [6.07, 6.45) is 5.37. The molecule has 1 saturated carbocycles. The Bertz CT molecular complexity index is 1390. The van der Waals surface area contributed by atoms with E-state index in [1.54, 1.807) is 47.4 Å². The molecule has 0 bridgehead atoms. The Labute approximate surface area is 208 Å². The number of hydrogen-bond donors (Lipinski definition) is 1. The zero-order valence-corrected chi connectivity index (χ0v) is 19.8. The summed E-state index contributed by atoms with van der Waals surface area (Å²) in [6.45, 7) is -0.0428. The number of nitrogens with one attached hydrogen (secondary N) is 1. The van der Waals surface area contributed by atoms with Crippen LogP contribution in [-0.4, -0.2) is 41.1 Å². The molecule has 1 atom stereocenters. The van der Waals surface area contributed by atoms with Crippen LogP contribution in [0, 0.1) is 0 Å². The van der Waals surface area contributed by atoms with Gasteiger partial charge in [-0.15, -0.1) is 0 Å². The van der Waals surface area contributed by atoms with E-state index in [1.807, 2.05) is 54.7 Å². The van der Waals surface area contributed by atoms with Crippen molar-refractivity contribution in [3.63, 3.8) is 0 Å². The van der Waals surface area contributed by atoms with Gasteiger partial charge in [-0.2, -0.15) is 0 Å². The lowest BCUT2D eigenvalue weighted by molar-refractivity contribution is -0.119. The minimum atomic E-state index is -0.442. The van der Waals surface area contributed by atoms with Crippen molar-refractivity contribution in [2.75, 3.05) is 23.9 Å². The first-order valence-electron chi connectivity index (χ1n) is 12.0. The van der Waals surface area contributed by atoms with E-state index < -0.39 is 6.04 Å². The number of benzene rings is 2. The zero-order valence-electron chi connectivity index (χ0n) is 19.8. The summed E-state index contributed by atoms with van der Waals surface area (Å²) in [6, 6.07) is 21.9. The summed E-state index contributed by atoms with van der Waals surface area (Å²) >= 11 is 0. The Kier molecular flexibility index (Phi) is 5.48. The summed E-state index contributed by atoms with van der Waals surface area (Å²) in [5.41, 5.74) is 3.26. The number of urea groups is 1. The van der Waals surface area contributed by atoms with Crippen LogP contribution in [0.5, 0.6) is 5.75 Å². The molecule has 8 nitrogen and oxygen atoms in total. The third kappa shape index (κ3) is 3.90. The van der Waals surface area contributed by atoms with Gasteiger partial charge in [0.1, 0.15) is 24.1 Å². The van der Waals surface area contributed by atoms with Crippen LogP contribution in [0.2, 0.25) is 0 Å². The number of methoxy groups -OCH3 is 1. The molecule has 1 unspecified atom stereocenters. The molecule has 182 valence electrons. The first-order chi connectivity index (χ1) is 17.6. The molecular formula is C28H26N4O4. The van der Waals surface area contributed by atoms with Gasteiger partial charge in [0.25, 0.3) is 0 Å². The zero-order chi connectivity index (χ0) is 24.6. The normalized spacial score (nSPS) is 16.1. The summed E-state index contributed by atoms with van der Waals surface area (Å²) in [7, 11) is 1.60. The maximum atomic E-state index is 14.0. The van der Waals surface area contributed by atoms with Crippen LogP contribution in [0.3, 0.4) is 0 Å². The van der Waals surface area contributed by atoms with Crippen LogP contribution in [-0.2, 0) is 4.79 Å². The van der Waals surface area contributed by atoms with E-state index in [0.717, 1.165) is 29.9 Å². The van der Waals surface area contributed by atoms with Crippen molar-refractivity contribution < 1.29 is 18.7 Å². The van der Waals surface area contributed by atoms with Crippen LogP contribution in [0.25, 0.3) is 5.69 Å². The summed E-state index contributed by atoms with van der Waals surface area (Å²) in [5, 5.41) is 2.93. The van der Waals surface area contributed by atoms with Crippen molar-refractivity contribution in [1.29, 1.82) is 0 Å². The fourth-order valence-corrected chi connectivity index (χ4v) is 4.82. The molecule has 4 aromatic rings. The maximum absolute atomic E-state index is 14.0. The summed E-state index contributed by atoms with van der Waals surface area (Å²) < 4.78 is 13.1. The number of carbonyl (C=O) groups excluding carboxylic acids is 2. The molecule has 2 aromatic heterocycles. The second-order valence-electron chi connectivity index (χ2n) is 8.99. The van der Waals surface area contributed by atoms with Crippen molar-refractivity contribution in [2.24, 2.45) is 0 Å². The van der Waals surface area contributed by atoms with Gasteiger partial charge in [0.15, 0.2) is 0 Å². The smallest absolute Gasteiger partial charge is 0.322 e. The number of rotatable bonds is 6. The second-order valence-corrected chi connectivity index (χ2v) is 8.99. The maximum Gasteiger partial charge on any atom is 0.322 e. The SMILES string of the molecule is COc1ccc(NC(=O)N(CC(=O)N2c3ccccc3-n3cccc3C2c2ccco2)C2CC2)cc1. The van der Waals surface area contributed by atoms with E-state index in [2.05, 4.69) is 9.88 Å². The molecule has 6 rings (SSSR count). The number of nitrogens with zero attached hydrogens (tertiary/aromatic N) is 3. The highest BCUT2D eigenvalue weighted by Gasteiger charge is 2.40. The van der Waals surface area contributed by atoms with Crippen molar-refractivity contribution in [1.82, 2.24) is 9.47 Å². The number of para-hydroxylation sites is 2. The van der Waals surface area contributed by atoms with Gasteiger partial charge in [-0.05, 0) is 73.5 Å². The fourth-order valence-electron chi connectivity index (χ4n) is 4.82. The standard InChI is InChI=1S/C28H26N4O4/c1-35-21-14-10-19(11-15-21)29-28(34)31(20-12-13-20)18-26(33)32-23-7-3-2-6-22(23)30-16-4-8-24(30)27(32)25-9-5-17-36-25/h2-11,14-17,20,27H,12-13,18H2,1H3,(H,29,34). The predicted octanol–water partition coefficient (Wildman–Crippen LogP) is 5.21. The Hall–Kier alpha value is -4.46. The first kappa shape index (κ1) is 22.0. The number of aromatic nitrogens is 1. The molecule has 36 heavy (non-hydrogen) atoms. The third-order valence-corrected chi connectivity index (χ3v) is 6.70. The molecule has 1 fully saturated rings. The quantitative estimate of drug-likeness (QED) is 0.409. The second kappa shape index (κ2) is 8.96. The van der Waals surface area contributed by atoms with Crippen molar-refractivity contribution in [3.8, 4) is 11.4 Å². The Morgan fingerprint density at radius 2 is 1.78 bits per heavy atom. The summed E-state index contributed by atoms with van der Waals surface area (Å²) in [5.74, 6) is 1.20. The molecule has 0 spiro atoms. The lowest BCUT2D eigenvalue weighted by Gasteiger charge is -2.38. The highest BCUT2D eigenvalue weighted by molar-refractivity contribution is 6.01. The van der Waals surface area contributed by atoms with Crippen LogP contribution in [0.15, 0.2) is 89.7 Å². The third-order valence-electron chi connectivity index (χ3n) is 6.70. The van der Waals surface area contributed by atoms with E-state index in [0.29, 0.717) is 17.2 Å². The van der Waals surface area contributed by atoms with Gasteiger partial charge in [0.05, 0.1) is 30.4 Å². The van der Waals surface area contributed by atoms with E-state index in [4.69, 9.17) is 9.15 Å². The average Bonchev–Trinajstić information content (AvgIpc) is 3.37. The molecular weight excluding hydrogens is 456 g/mol. The molecule has 3 heterocycles. The monoisotopic (exact) mass is 482 g/mol. The minimum Gasteiger partial charge on any atom is -0.497 e. The van der Waals surface area contributed by atoms with E-state index in [1.165, 1.54) is 0 Å². The van der Waals surface area contributed by atoms with Crippen LogP contribution >= 0.6 is 0 Å². The number of ether oxygens (including phenoxy) is 1. The van der Waals surface area contributed by atoms with Crippen molar-refractivity contribution in [3.05, 3.63) is 96.7 Å². The number of anilines is 2. The lowest BCUT2D eigenvalue weighted by atomic mass is 10.0. The first-order valence-corrected chi connectivity index (χ1v) is 12.0. The molecule has 1 aliphatic carbocycles. The summed E-state index contributed by atoms with van der Waals surface area (Å²) in [4.78, 5) is 30.7. The van der Waals surface area contributed by atoms with Gasteiger partial charge < -0.3 is 23.9 Å². The highest BCUT2D eigenvalue weighted by Crippen LogP contribution is 2.42. The number of carbonyl (C=O) groups is 2. The largest absolute Gasteiger partial charge is 0.497 e. The minimum absolute atomic E-state index is 0.0400. The van der Waals surface area contributed by atoms with E-state index in [9.17, 15) is 9.59 Å². The highest BCUT2D eigenvalue weighted by atomic mass is 16.5. The molecule has 1 aliphatic heterocycles. The predicted molar refractivity (Wildman–Crippen MR) is 136 cm³/mol. The van der Waals surface area contributed by atoms with Crippen molar-refractivity contribution >= 4 is 23.3 Å². The fraction of sp³-hybridized carbons (Fsp3) is 0.214.